The van der Waals surface area contributed by atoms with E-state index in [2.05, 4.69) is 10.6 Å². The Balaban J connectivity index is 1.87. The molecule has 1 aromatic rings. The van der Waals surface area contributed by atoms with Crippen LogP contribution in [-0.4, -0.2) is 60.2 Å². The molecule has 1 aromatic carbocycles. The fourth-order valence-corrected chi connectivity index (χ4v) is 3.09. The number of rotatable bonds is 7. The van der Waals surface area contributed by atoms with Crippen molar-refractivity contribution in [3.63, 3.8) is 0 Å². The predicted octanol–water partition coefficient (Wildman–Crippen LogP) is 1.31. The lowest BCUT2D eigenvalue weighted by atomic mass is 10.1. The maximum absolute atomic E-state index is 12.4. The SMILES string of the molecule is CCN(CC(=O)NC(C)(C)C)C(=O)CNC(=O)c1ccc(N2CCCC2=O)cc1. The van der Waals surface area contributed by atoms with Crippen molar-refractivity contribution in [2.24, 2.45) is 0 Å². The van der Waals surface area contributed by atoms with Gasteiger partial charge in [-0.3, -0.25) is 19.2 Å². The lowest BCUT2D eigenvalue weighted by Gasteiger charge is -2.25. The van der Waals surface area contributed by atoms with Crippen LogP contribution in [0.1, 0.15) is 50.9 Å². The highest BCUT2D eigenvalue weighted by Crippen LogP contribution is 2.21. The molecule has 0 unspecified atom stereocenters. The smallest absolute Gasteiger partial charge is 0.251 e. The van der Waals surface area contributed by atoms with E-state index in [4.69, 9.17) is 0 Å². The zero-order valence-corrected chi connectivity index (χ0v) is 17.6. The van der Waals surface area contributed by atoms with Gasteiger partial charge in [-0.15, -0.1) is 0 Å². The van der Waals surface area contributed by atoms with Crippen molar-refractivity contribution in [1.29, 1.82) is 0 Å². The number of likely N-dealkylation sites (N-methyl/N-ethyl adjacent to an activating group) is 1. The molecule has 0 atom stereocenters. The van der Waals surface area contributed by atoms with E-state index in [1.54, 1.807) is 36.1 Å². The van der Waals surface area contributed by atoms with Gasteiger partial charge in [0.25, 0.3) is 5.91 Å². The van der Waals surface area contributed by atoms with Crippen molar-refractivity contribution in [2.45, 2.75) is 46.1 Å². The Morgan fingerprint density at radius 1 is 1.14 bits per heavy atom. The van der Waals surface area contributed by atoms with Crippen LogP contribution < -0.4 is 15.5 Å². The van der Waals surface area contributed by atoms with E-state index >= 15 is 0 Å². The first-order valence-corrected chi connectivity index (χ1v) is 9.88. The topological polar surface area (TPSA) is 98.8 Å². The third-order valence-electron chi connectivity index (χ3n) is 4.50. The lowest BCUT2D eigenvalue weighted by Crippen LogP contribution is -2.49. The highest BCUT2D eigenvalue weighted by Gasteiger charge is 2.22. The summed E-state index contributed by atoms with van der Waals surface area (Å²) >= 11 is 0. The summed E-state index contributed by atoms with van der Waals surface area (Å²) in [6, 6.07) is 6.73. The van der Waals surface area contributed by atoms with Crippen LogP contribution in [0.15, 0.2) is 24.3 Å². The second-order valence-corrected chi connectivity index (χ2v) is 8.08. The maximum atomic E-state index is 12.4. The summed E-state index contributed by atoms with van der Waals surface area (Å²) in [5, 5.41) is 5.40. The van der Waals surface area contributed by atoms with Crippen LogP contribution >= 0.6 is 0 Å². The van der Waals surface area contributed by atoms with Crippen molar-refractivity contribution in [3.8, 4) is 0 Å². The third kappa shape index (κ3) is 6.58. The molecular formula is C21H30N4O4. The minimum atomic E-state index is -0.382. The lowest BCUT2D eigenvalue weighted by molar-refractivity contribution is -0.135. The van der Waals surface area contributed by atoms with Crippen molar-refractivity contribution in [2.75, 3.05) is 31.1 Å². The number of nitrogens with zero attached hydrogens (tertiary/aromatic N) is 2. The Bertz CT molecular complexity index is 768. The standard InChI is InChI=1S/C21H30N4O4/c1-5-24(14-17(26)23-21(2,3)4)19(28)13-22-20(29)15-8-10-16(11-9-15)25-12-6-7-18(25)27/h8-11H,5-7,12-14H2,1-4H3,(H,22,29)(H,23,26). The predicted molar refractivity (Wildman–Crippen MR) is 111 cm³/mol. The van der Waals surface area contributed by atoms with Crippen LogP contribution in [0.25, 0.3) is 0 Å². The second-order valence-electron chi connectivity index (χ2n) is 8.08. The summed E-state index contributed by atoms with van der Waals surface area (Å²) in [6.07, 6.45) is 1.39. The van der Waals surface area contributed by atoms with Crippen LogP contribution in [0.4, 0.5) is 5.69 Å². The monoisotopic (exact) mass is 402 g/mol. The molecule has 2 N–H and O–H groups in total. The van der Waals surface area contributed by atoms with Gasteiger partial charge in [-0.1, -0.05) is 0 Å². The van der Waals surface area contributed by atoms with Crippen molar-refractivity contribution in [1.82, 2.24) is 15.5 Å². The van der Waals surface area contributed by atoms with Gasteiger partial charge in [-0.25, -0.2) is 0 Å². The zero-order valence-electron chi connectivity index (χ0n) is 17.6. The number of hydrogen-bond donors (Lipinski definition) is 2. The number of benzene rings is 1. The van der Waals surface area contributed by atoms with Crippen LogP contribution in [0, 0.1) is 0 Å². The highest BCUT2D eigenvalue weighted by molar-refractivity contribution is 5.98. The van der Waals surface area contributed by atoms with Crippen molar-refractivity contribution in [3.05, 3.63) is 29.8 Å². The average molecular weight is 402 g/mol. The van der Waals surface area contributed by atoms with E-state index in [9.17, 15) is 19.2 Å². The van der Waals surface area contributed by atoms with Crippen molar-refractivity contribution < 1.29 is 19.2 Å². The molecule has 8 nitrogen and oxygen atoms in total. The van der Waals surface area contributed by atoms with E-state index in [1.807, 2.05) is 20.8 Å². The summed E-state index contributed by atoms with van der Waals surface area (Å²) in [7, 11) is 0. The Morgan fingerprint density at radius 3 is 2.31 bits per heavy atom. The fraction of sp³-hybridized carbons (Fsp3) is 0.524. The van der Waals surface area contributed by atoms with Crippen LogP contribution in [0.2, 0.25) is 0 Å². The zero-order chi connectivity index (χ0) is 21.6. The third-order valence-corrected chi connectivity index (χ3v) is 4.50. The molecule has 1 heterocycles. The summed E-state index contributed by atoms with van der Waals surface area (Å²) in [4.78, 5) is 51.6. The van der Waals surface area contributed by atoms with Gasteiger partial charge in [-0.05, 0) is 58.4 Å². The maximum Gasteiger partial charge on any atom is 0.251 e. The Hall–Kier alpha value is -2.90. The molecule has 0 radical (unpaired) electrons. The van der Waals surface area contributed by atoms with E-state index in [1.165, 1.54) is 4.90 Å². The minimum absolute atomic E-state index is 0.0545. The van der Waals surface area contributed by atoms with E-state index in [0.717, 1.165) is 12.1 Å². The number of anilines is 1. The Morgan fingerprint density at radius 2 is 1.79 bits per heavy atom. The van der Waals surface area contributed by atoms with Crippen LogP contribution in [-0.2, 0) is 14.4 Å². The molecular weight excluding hydrogens is 372 g/mol. The number of carbonyl (C=O) groups is 4. The first-order valence-electron chi connectivity index (χ1n) is 9.88. The van der Waals surface area contributed by atoms with Gasteiger partial charge >= 0.3 is 0 Å². The van der Waals surface area contributed by atoms with Gasteiger partial charge in [0.2, 0.25) is 17.7 Å². The summed E-state index contributed by atoms with van der Waals surface area (Å²) in [5.74, 6) is -0.869. The molecule has 1 aliphatic heterocycles. The molecule has 0 saturated carbocycles. The first-order chi connectivity index (χ1) is 13.6. The Kier molecular flexibility index (Phi) is 7.36. The van der Waals surface area contributed by atoms with Gasteiger partial charge in [0.1, 0.15) is 0 Å². The van der Waals surface area contributed by atoms with Gasteiger partial charge in [0, 0.05) is 36.3 Å². The van der Waals surface area contributed by atoms with E-state index < -0.39 is 0 Å². The normalized spacial score (nSPS) is 13.9. The summed E-state index contributed by atoms with van der Waals surface area (Å²) in [6.45, 7) is 8.20. The van der Waals surface area contributed by atoms with Gasteiger partial charge in [0.15, 0.2) is 0 Å². The molecule has 2 rings (SSSR count). The van der Waals surface area contributed by atoms with E-state index in [0.29, 0.717) is 25.1 Å². The molecule has 158 valence electrons. The first kappa shape index (κ1) is 22.4. The summed E-state index contributed by atoms with van der Waals surface area (Å²) < 4.78 is 0. The molecule has 1 fully saturated rings. The number of carbonyl (C=O) groups excluding carboxylic acids is 4. The molecule has 1 aliphatic rings. The molecule has 8 heteroatoms. The average Bonchev–Trinajstić information content (AvgIpc) is 3.08. The fourth-order valence-electron chi connectivity index (χ4n) is 3.09. The van der Waals surface area contributed by atoms with Crippen molar-refractivity contribution >= 4 is 29.3 Å². The Labute approximate surface area is 171 Å². The molecule has 4 amide bonds. The van der Waals surface area contributed by atoms with Gasteiger partial charge < -0.3 is 20.4 Å². The molecule has 0 aliphatic carbocycles. The second kappa shape index (κ2) is 9.54. The van der Waals surface area contributed by atoms with Crippen LogP contribution in [0.5, 0.6) is 0 Å². The highest BCUT2D eigenvalue weighted by atomic mass is 16.2. The molecule has 1 saturated heterocycles. The molecule has 0 bridgehead atoms. The van der Waals surface area contributed by atoms with Gasteiger partial charge in [-0.2, -0.15) is 0 Å². The number of nitrogens with one attached hydrogen (secondary N) is 2. The molecule has 0 aromatic heterocycles. The molecule has 0 spiro atoms. The number of hydrogen-bond acceptors (Lipinski definition) is 4. The molecule has 29 heavy (non-hydrogen) atoms. The van der Waals surface area contributed by atoms with Crippen LogP contribution in [0.3, 0.4) is 0 Å². The quantitative estimate of drug-likeness (QED) is 0.718. The van der Waals surface area contributed by atoms with E-state index in [-0.39, 0.29) is 42.3 Å². The number of amides is 4. The van der Waals surface area contributed by atoms with Gasteiger partial charge in [0.05, 0.1) is 13.1 Å². The minimum Gasteiger partial charge on any atom is -0.350 e. The largest absolute Gasteiger partial charge is 0.350 e. The summed E-state index contributed by atoms with van der Waals surface area (Å²) in [5.41, 5.74) is 0.795.